The third-order valence-corrected chi connectivity index (χ3v) is 6.48. The molecule has 2 heterocycles. The van der Waals surface area contributed by atoms with E-state index in [1.165, 1.54) is 12.1 Å². The average molecular weight is 474 g/mol. The van der Waals surface area contributed by atoms with Crippen LogP contribution in [0.4, 0.5) is 20.8 Å². The molecule has 1 aliphatic rings. The number of thiophene rings is 1. The first kappa shape index (κ1) is 22.3. The van der Waals surface area contributed by atoms with Crippen molar-refractivity contribution >= 4 is 51.1 Å². The summed E-state index contributed by atoms with van der Waals surface area (Å²) < 4.78 is 18.6. The van der Waals surface area contributed by atoms with Crippen LogP contribution in [0.25, 0.3) is 0 Å². The minimum absolute atomic E-state index is 0.0221. The number of halogens is 2. The van der Waals surface area contributed by atoms with Crippen LogP contribution in [0.1, 0.15) is 25.6 Å². The summed E-state index contributed by atoms with van der Waals surface area (Å²) >= 11 is 7.13. The molecule has 0 radical (unpaired) electrons. The molecule has 1 saturated heterocycles. The third-order valence-electron chi connectivity index (χ3n) is 5.02. The Labute approximate surface area is 193 Å². The highest BCUT2D eigenvalue weighted by Crippen LogP contribution is 2.29. The van der Waals surface area contributed by atoms with Gasteiger partial charge in [-0.15, -0.1) is 11.3 Å². The van der Waals surface area contributed by atoms with Gasteiger partial charge < -0.3 is 20.3 Å². The van der Waals surface area contributed by atoms with E-state index in [9.17, 15) is 14.0 Å². The molecule has 0 atom stereocenters. The molecule has 2 N–H and O–H groups in total. The molecule has 0 spiro atoms. The fourth-order valence-electron chi connectivity index (χ4n) is 3.41. The number of morpholine rings is 1. The van der Waals surface area contributed by atoms with E-state index >= 15 is 0 Å². The number of carbonyl (C=O) groups excluding carboxylic acids is 2. The molecule has 2 amide bonds. The molecular weight excluding hydrogens is 453 g/mol. The monoisotopic (exact) mass is 473 g/mol. The summed E-state index contributed by atoms with van der Waals surface area (Å²) in [6.45, 7) is 4.78. The number of rotatable bonds is 5. The zero-order valence-corrected chi connectivity index (χ0v) is 18.9. The van der Waals surface area contributed by atoms with E-state index in [0.717, 1.165) is 41.7 Å². The van der Waals surface area contributed by atoms with Gasteiger partial charge in [0.15, 0.2) is 0 Å². The number of carbonyl (C=O) groups is 2. The lowest BCUT2D eigenvalue weighted by atomic mass is 10.2. The van der Waals surface area contributed by atoms with E-state index in [0.29, 0.717) is 28.8 Å². The lowest BCUT2D eigenvalue weighted by molar-refractivity contribution is 0.102. The number of amides is 2. The van der Waals surface area contributed by atoms with Gasteiger partial charge in [-0.25, -0.2) is 4.39 Å². The molecule has 0 bridgehead atoms. The van der Waals surface area contributed by atoms with Crippen LogP contribution in [-0.2, 0) is 4.74 Å². The third kappa shape index (κ3) is 5.09. The topological polar surface area (TPSA) is 70.7 Å². The van der Waals surface area contributed by atoms with Crippen LogP contribution in [0.5, 0.6) is 0 Å². The molecule has 0 unspecified atom stereocenters. The van der Waals surface area contributed by atoms with Gasteiger partial charge in [0.2, 0.25) is 0 Å². The van der Waals surface area contributed by atoms with Crippen LogP contribution in [-0.4, -0.2) is 38.1 Å². The summed E-state index contributed by atoms with van der Waals surface area (Å²) in [5.41, 5.74) is 2.61. The quantitative estimate of drug-likeness (QED) is 0.535. The van der Waals surface area contributed by atoms with E-state index in [1.54, 1.807) is 13.0 Å². The van der Waals surface area contributed by atoms with Crippen molar-refractivity contribution in [1.82, 2.24) is 0 Å². The van der Waals surface area contributed by atoms with Crippen molar-refractivity contribution in [2.45, 2.75) is 6.92 Å². The standard InChI is InChI=1S/C23H21ClFN3O3S/c1-14-11-20(27-22(29)18-6-5-15(25)12-19(18)24)32-21(14)23(30)26-16-3-2-4-17(13-16)28-7-9-31-10-8-28/h2-6,11-13H,7-10H2,1H3,(H,26,30)(H,27,29). The summed E-state index contributed by atoms with van der Waals surface area (Å²) in [5, 5.41) is 6.18. The maximum absolute atomic E-state index is 13.2. The Kier molecular flexibility index (Phi) is 6.74. The van der Waals surface area contributed by atoms with Gasteiger partial charge in [-0.1, -0.05) is 17.7 Å². The van der Waals surface area contributed by atoms with Gasteiger partial charge in [-0.2, -0.15) is 0 Å². The van der Waals surface area contributed by atoms with E-state index in [2.05, 4.69) is 15.5 Å². The van der Waals surface area contributed by atoms with Gasteiger partial charge >= 0.3 is 0 Å². The highest BCUT2D eigenvalue weighted by atomic mass is 35.5. The summed E-state index contributed by atoms with van der Waals surface area (Å²) in [6, 6.07) is 13.0. The lowest BCUT2D eigenvalue weighted by Crippen LogP contribution is -2.36. The van der Waals surface area contributed by atoms with Crippen molar-refractivity contribution in [3.8, 4) is 0 Å². The SMILES string of the molecule is Cc1cc(NC(=O)c2ccc(F)cc2Cl)sc1C(=O)Nc1cccc(N2CCOCC2)c1. The van der Waals surface area contributed by atoms with Crippen LogP contribution in [0, 0.1) is 12.7 Å². The number of anilines is 3. The van der Waals surface area contributed by atoms with Crippen molar-refractivity contribution in [2.24, 2.45) is 0 Å². The molecule has 4 rings (SSSR count). The predicted molar refractivity (Wildman–Crippen MR) is 126 cm³/mol. The molecule has 1 aliphatic heterocycles. The van der Waals surface area contributed by atoms with Crippen molar-refractivity contribution in [2.75, 3.05) is 41.8 Å². The van der Waals surface area contributed by atoms with Crippen molar-refractivity contribution < 1.29 is 18.7 Å². The minimum atomic E-state index is -0.518. The normalized spacial score (nSPS) is 13.7. The molecule has 0 aliphatic carbocycles. The Bertz CT molecular complexity index is 1160. The number of benzene rings is 2. The first-order chi connectivity index (χ1) is 15.4. The molecule has 9 heteroatoms. The van der Waals surface area contributed by atoms with Crippen molar-refractivity contribution in [3.05, 3.63) is 75.4 Å². The number of nitrogens with zero attached hydrogens (tertiary/aromatic N) is 1. The van der Waals surface area contributed by atoms with Crippen LogP contribution in [0.2, 0.25) is 5.02 Å². The highest BCUT2D eigenvalue weighted by Gasteiger charge is 2.18. The van der Waals surface area contributed by atoms with E-state index in [4.69, 9.17) is 16.3 Å². The maximum atomic E-state index is 13.2. The molecule has 2 aromatic carbocycles. The number of aryl methyl sites for hydroxylation is 1. The van der Waals surface area contributed by atoms with Gasteiger partial charge in [0, 0.05) is 24.5 Å². The second-order valence-corrected chi connectivity index (χ2v) is 8.76. The molecule has 32 heavy (non-hydrogen) atoms. The van der Waals surface area contributed by atoms with E-state index < -0.39 is 11.7 Å². The molecule has 1 aromatic heterocycles. The van der Waals surface area contributed by atoms with Gasteiger partial charge in [-0.05, 0) is 55.0 Å². The van der Waals surface area contributed by atoms with Crippen LogP contribution in [0.3, 0.4) is 0 Å². The molecule has 0 saturated carbocycles. The van der Waals surface area contributed by atoms with Gasteiger partial charge in [-0.3, -0.25) is 9.59 Å². The maximum Gasteiger partial charge on any atom is 0.266 e. The van der Waals surface area contributed by atoms with Gasteiger partial charge in [0.05, 0.1) is 33.7 Å². The number of ether oxygens (including phenoxy) is 1. The summed E-state index contributed by atoms with van der Waals surface area (Å²) in [6.07, 6.45) is 0. The van der Waals surface area contributed by atoms with Crippen LogP contribution >= 0.6 is 22.9 Å². The highest BCUT2D eigenvalue weighted by molar-refractivity contribution is 7.18. The Morgan fingerprint density at radius 3 is 2.59 bits per heavy atom. The second kappa shape index (κ2) is 9.68. The predicted octanol–water partition coefficient (Wildman–Crippen LogP) is 5.19. The molecular formula is C23H21ClFN3O3S. The van der Waals surface area contributed by atoms with Crippen molar-refractivity contribution in [1.29, 1.82) is 0 Å². The Balaban J connectivity index is 1.45. The zero-order chi connectivity index (χ0) is 22.7. The average Bonchev–Trinajstić information content (AvgIpc) is 3.14. The number of hydrogen-bond donors (Lipinski definition) is 2. The molecule has 1 fully saturated rings. The molecule has 166 valence electrons. The Morgan fingerprint density at radius 2 is 1.84 bits per heavy atom. The van der Waals surface area contributed by atoms with Crippen molar-refractivity contribution in [3.63, 3.8) is 0 Å². The van der Waals surface area contributed by atoms with Crippen LogP contribution in [0.15, 0.2) is 48.5 Å². The largest absolute Gasteiger partial charge is 0.378 e. The van der Waals surface area contributed by atoms with E-state index in [-0.39, 0.29) is 16.5 Å². The van der Waals surface area contributed by atoms with Gasteiger partial charge in [0.1, 0.15) is 5.82 Å². The Morgan fingerprint density at radius 1 is 1.06 bits per heavy atom. The smallest absolute Gasteiger partial charge is 0.266 e. The van der Waals surface area contributed by atoms with Gasteiger partial charge in [0.25, 0.3) is 11.8 Å². The number of nitrogens with one attached hydrogen (secondary N) is 2. The zero-order valence-electron chi connectivity index (χ0n) is 17.3. The first-order valence-corrected chi connectivity index (χ1v) is 11.2. The summed E-state index contributed by atoms with van der Waals surface area (Å²) in [4.78, 5) is 28.1. The summed E-state index contributed by atoms with van der Waals surface area (Å²) in [7, 11) is 0. The first-order valence-electron chi connectivity index (χ1n) is 10.0. The number of hydrogen-bond acceptors (Lipinski definition) is 5. The lowest BCUT2D eigenvalue weighted by Gasteiger charge is -2.29. The fraction of sp³-hybridized carbons (Fsp3) is 0.217. The second-order valence-electron chi connectivity index (χ2n) is 7.30. The minimum Gasteiger partial charge on any atom is -0.378 e. The van der Waals surface area contributed by atoms with Crippen LogP contribution < -0.4 is 15.5 Å². The Hall–Kier alpha value is -2.94. The molecule has 6 nitrogen and oxygen atoms in total. The molecule has 3 aromatic rings. The fourth-order valence-corrected chi connectivity index (χ4v) is 4.63. The van der Waals surface area contributed by atoms with E-state index in [1.807, 2.05) is 24.3 Å². The summed E-state index contributed by atoms with van der Waals surface area (Å²) in [5.74, 6) is -1.25.